The summed E-state index contributed by atoms with van der Waals surface area (Å²) in [7, 11) is 6.35. The first-order valence-corrected chi connectivity index (χ1v) is 9.97. The van der Waals surface area contributed by atoms with Crippen molar-refractivity contribution in [3.8, 4) is 23.1 Å². The maximum absolute atomic E-state index is 5.63. The van der Waals surface area contributed by atoms with Crippen molar-refractivity contribution in [1.82, 2.24) is 9.97 Å². The van der Waals surface area contributed by atoms with Gasteiger partial charge in [0.1, 0.15) is 5.82 Å². The van der Waals surface area contributed by atoms with E-state index in [-0.39, 0.29) is 5.92 Å². The van der Waals surface area contributed by atoms with Crippen molar-refractivity contribution in [3.05, 3.63) is 53.6 Å². The molecular formula is C23H26N4O4. The highest BCUT2D eigenvalue weighted by molar-refractivity contribution is 5.67. The van der Waals surface area contributed by atoms with Gasteiger partial charge in [-0.25, -0.2) is 0 Å². The predicted molar refractivity (Wildman–Crippen MR) is 119 cm³/mol. The van der Waals surface area contributed by atoms with E-state index in [2.05, 4.69) is 44.9 Å². The van der Waals surface area contributed by atoms with Crippen LogP contribution in [-0.4, -0.2) is 45.0 Å². The molecule has 8 heteroatoms. The molecule has 1 aliphatic heterocycles. The zero-order valence-electron chi connectivity index (χ0n) is 18.1. The van der Waals surface area contributed by atoms with Gasteiger partial charge in [-0.1, -0.05) is 30.3 Å². The molecule has 0 radical (unpaired) electrons. The lowest BCUT2D eigenvalue weighted by atomic mass is 9.95. The van der Waals surface area contributed by atoms with E-state index in [0.717, 1.165) is 24.3 Å². The molecule has 2 aromatic carbocycles. The molecule has 1 aliphatic rings. The van der Waals surface area contributed by atoms with E-state index in [1.807, 2.05) is 6.07 Å². The second kappa shape index (κ2) is 8.99. The molecule has 1 atom stereocenters. The summed E-state index contributed by atoms with van der Waals surface area (Å²) in [6.07, 6.45) is 0.889. The van der Waals surface area contributed by atoms with E-state index >= 15 is 0 Å². The Morgan fingerprint density at radius 1 is 0.935 bits per heavy atom. The number of nitrogens with zero attached hydrogens (tertiary/aromatic N) is 2. The van der Waals surface area contributed by atoms with E-state index in [1.165, 1.54) is 5.56 Å². The normalized spacial score (nSPS) is 14.4. The Hall–Kier alpha value is -3.68. The van der Waals surface area contributed by atoms with E-state index in [9.17, 15) is 0 Å². The monoisotopic (exact) mass is 422 g/mol. The molecule has 31 heavy (non-hydrogen) atoms. The zero-order valence-corrected chi connectivity index (χ0v) is 18.1. The zero-order chi connectivity index (χ0) is 21.8. The van der Waals surface area contributed by atoms with Crippen LogP contribution in [0.1, 0.15) is 17.0 Å². The second-order valence-electron chi connectivity index (χ2n) is 7.13. The molecule has 0 aliphatic carbocycles. The van der Waals surface area contributed by atoms with Gasteiger partial charge in [-0.05, 0) is 12.0 Å². The summed E-state index contributed by atoms with van der Waals surface area (Å²) in [5.74, 6) is 3.60. The standard InChI is InChI=1S/C23H26N4O4/c1-28-17-11-16(12-18(29-2)20(17)30-3)25-23-26-21-19(22(27-23)31-4)15(13-24-21)10-14-8-6-5-7-9-14/h5-9,11-12,15H,10,13H2,1-4H3,(H2,24,25,26,27). The van der Waals surface area contributed by atoms with E-state index in [0.29, 0.717) is 34.8 Å². The molecular weight excluding hydrogens is 396 g/mol. The topological polar surface area (TPSA) is 86.8 Å². The summed E-state index contributed by atoms with van der Waals surface area (Å²) >= 11 is 0. The van der Waals surface area contributed by atoms with Crippen LogP contribution in [-0.2, 0) is 6.42 Å². The minimum absolute atomic E-state index is 0.238. The molecule has 8 nitrogen and oxygen atoms in total. The number of anilines is 3. The van der Waals surface area contributed by atoms with Gasteiger partial charge in [0.25, 0.3) is 0 Å². The Morgan fingerprint density at radius 2 is 1.65 bits per heavy atom. The van der Waals surface area contributed by atoms with Gasteiger partial charge >= 0.3 is 0 Å². The van der Waals surface area contributed by atoms with Crippen LogP contribution in [0.4, 0.5) is 17.5 Å². The van der Waals surface area contributed by atoms with Gasteiger partial charge < -0.3 is 29.6 Å². The molecule has 0 saturated heterocycles. The van der Waals surface area contributed by atoms with Crippen molar-refractivity contribution in [2.75, 3.05) is 45.6 Å². The van der Waals surface area contributed by atoms with Gasteiger partial charge in [0.15, 0.2) is 11.5 Å². The Kier molecular flexibility index (Phi) is 5.97. The first-order valence-electron chi connectivity index (χ1n) is 9.97. The number of ether oxygens (including phenoxy) is 4. The highest BCUT2D eigenvalue weighted by Crippen LogP contribution is 2.42. The van der Waals surface area contributed by atoms with Crippen molar-refractivity contribution in [1.29, 1.82) is 0 Å². The van der Waals surface area contributed by atoms with Crippen LogP contribution in [0.15, 0.2) is 42.5 Å². The molecule has 3 aromatic rings. The van der Waals surface area contributed by atoms with Crippen molar-refractivity contribution in [3.63, 3.8) is 0 Å². The number of methoxy groups -OCH3 is 4. The van der Waals surface area contributed by atoms with Crippen LogP contribution in [0.2, 0.25) is 0 Å². The average Bonchev–Trinajstić information content (AvgIpc) is 3.21. The first-order chi connectivity index (χ1) is 15.2. The molecule has 1 unspecified atom stereocenters. The lowest BCUT2D eigenvalue weighted by Crippen LogP contribution is -2.07. The smallest absolute Gasteiger partial charge is 0.232 e. The molecule has 2 N–H and O–H groups in total. The van der Waals surface area contributed by atoms with Gasteiger partial charge in [-0.15, -0.1) is 0 Å². The highest BCUT2D eigenvalue weighted by atomic mass is 16.5. The van der Waals surface area contributed by atoms with Crippen LogP contribution < -0.4 is 29.6 Å². The minimum Gasteiger partial charge on any atom is -0.493 e. The summed E-state index contributed by atoms with van der Waals surface area (Å²) < 4.78 is 21.9. The summed E-state index contributed by atoms with van der Waals surface area (Å²) in [6, 6.07) is 14.0. The van der Waals surface area contributed by atoms with Gasteiger partial charge in [0.05, 0.1) is 34.0 Å². The molecule has 4 rings (SSSR count). The maximum Gasteiger partial charge on any atom is 0.232 e. The lowest BCUT2D eigenvalue weighted by Gasteiger charge is -2.16. The lowest BCUT2D eigenvalue weighted by molar-refractivity contribution is 0.324. The van der Waals surface area contributed by atoms with Gasteiger partial charge in [-0.3, -0.25) is 0 Å². The summed E-state index contributed by atoms with van der Waals surface area (Å²) in [6.45, 7) is 0.781. The molecule has 162 valence electrons. The number of rotatable bonds is 8. The van der Waals surface area contributed by atoms with Crippen LogP contribution in [0.3, 0.4) is 0 Å². The van der Waals surface area contributed by atoms with Gasteiger partial charge in [0.2, 0.25) is 17.6 Å². The molecule has 2 heterocycles. The fraction of sp³-hybridized carbons (Fsp3) is 0.304. The number of hydrogen-bond acceptors (Lipinski definition) is 8. The fourth-order valence-corrected chi connectivity index (χ4v) is 3.84. The number of benzene rings is 2. The van der Waals surface area contributed by atoms with Gasteiger partial charge in [-0.2, -0.15) is 9.97 Å². The molecule has 1 aromatic heterocycles. The summed E-state index contributed by atoms with van der Waals surface area (Å²) in [4.78, 5) is 9.28. The minimum atomic E-state index is 0.238. The van der Waals surface area contributed by atoms with E-state index < -0.39 is 0 Å². The van der Waals surface area contributed by atoms with Gasteiger partial charge in [0, 0.05) is 30.3 Å². The van der Waals surface area contributed by atoms with Crippen LogP contribution in [0.25, 0.3) is 0 Å². The van der Waals surface area contributed by atoms with E-state index in [4.69, 9.17) is 18.9 Å². The van der Waals surface area contributed by atoms with Crippen molar-refractivity contribution in [2.45, 2.75) is 12.3 Å². The van der Waals surface area contributed by atoms with Crippen molar-refractivity contribution in [2.24, 2.45) is 0 Å². The fourth-order valence-electron chi connectivity index (χ4n) is 3.84. The Labute approximate surface area is 181 Å². The third-order valence-electron chi connectivity index (χ3n) is 5.27. The first kappa shape index (κ1) is 20.6. The van der Waals surface area contributed by atoms with Crippen LogP contribution >= 0.6 is 0 Å². The predicted octanol–water partition coefficient (Wildman–Crippen LogP) is 4.01. The molecule has 0 spiro atoms. The van der Waals surface area contributed by atoms with Crippen LogP contribution in [0, 0.1) is 0 Å². The molecule has 0 amide bonds. The Bertz CT molecular complexity index is 1030. The van der Waals surface area contributed by atoms with E-state index in [1.54, 1.807) is 40.6 Å². The second-order valence-corrected chi connectivity index (χ2v) is 7.13. The quantitative estimate of drug-likeness (QED) is 0.563. The Balaban J connectivity index is 1.63. The number of aromatic nitrogens is 2. The number of nitrogens with one attached hydrogen (secondary N) is 2. The van der Waals surface area contributed by atoms with Crippen LogP contribution in [0.5, 0.6) is 23.1 Å². The van der Waals surface area contributed by atoms with Crippen molar-refractivity contribution >= 4 is 17.5 Å². The SMILES string of the molecule is COc1cc(Nc2nc3c(c(OC)n2)C(Cc2ccccc2)CN3)cc(OC)c1OC. The molecule has 0 fully saturated rings. The summed E-state index contributed by atoms with van der Waals surface area (Å²) in [5, 5.41) is 6.61. The maximum atomic E-state index is 5.63. The third kappa shape index (κ3) is 4.14. The van der Waals surface area contributed by atoms with Crippen molar-refractivity contribution < 1.29 is 18.9 Å². The number of fused-ring (bicyclic) bond motifs is 1. The average molecular weight is 422 g/mol. The molecule has 0 saturated carbocycles. The third-order valence-corrected chi connectivity index (χ3v) is 5.27. The summed E-state index contributed by atoms with van der Waals surface area (Å²) in [5.41, 5.74) is 2.97. The number of hydrogen-bond donors (Lipinski definition) is 2. The highest BCUT2D eigenvalue weighted by Gasteiger charge is 2.29. The largest absolute Gasteiger partial charge is 0.493 e. The molecule has 0 bridgehead atoms. The Morgan fingerprint density at radius 3 is 2.26 bits per heavy atom.